The number of nitrogens with one attached hydrogen (secondary N) is 1. The van der Waals surface area contributed by atoms with Crippen molar-refractivity contribution in [3.8, 4) is 5.69 Å². The molecule has 1 aromatic heterocycles. The van der Waals surface area contributed by atoms with Crippen LogP contribution in [0.4, 0.5) is 0 Å². The molecular weight excluding hydrogens is 290 g/mol. The number of aromatic nitrogens is 2. The summed E-state index contributed by atoms with van der Waals surface area (Å²) in [5, 5.41) is 12.5. The minimum atomic E-state index is -0.201. The van der Waals surface area contributed by atoms with E-state index in [1.807, 2.05) is 41.1 Å². The lowest BCUT2D eigenvalue weighted by Gasteiger charge is -2.25. The van der Waals surface area contributed by atoms with E-state index >= 15 is 0 Å². The second kappa shape index (κ2) is 7.24. The van der Waals surface area contributed by atoms with Crippen LogP contribution in [0.1, 0.15) is 31.2 Å². The Bertz CT molecular complexity index is 654. The molecule has 0 unspecified atom stereocenters. The minimum Gasteiger partial charge on any atom is -0.393 e. The van der Waals surface area contributed by atoms with Crippen molar-refractivity contribution in [3.63, 3.8) is 0 Å². The summed E-state index contributed by atoms with van der Waals surface area (Å²) < 4.78 is 1.93. The summed E-state index contributed by atoms with van der Waals surface area (Å²) in [6, 6.07) is 8.09. The van der Waals surface area contributed by atoms with Gasteiger partial charge in [-0.05, 0) is 49.5 Å². The van der Waals surface area contributed by atoms with Gasteiger partial charge in [0.1, 0.15) is 0 Å². The molecule has 1 amide bonds. The minimum absolute atomic E-state index is 0.0786. The lowest BCUT2D eigenvalue weighted by atomic mass is 9.93. The van der Waals surface area contributed by atoms with Gasteiger partial charge in [-0.15, -0.1) is 0 Å². The Morgan fingerprint density at radius 1 is 1.22 bits per heavy atom. The van der Waals surface area contributed by atoms with Gasteiger partial charge in [0.2, 0.25) is 5.91 Å². The van der Waals surface area contributed by atoms with Crippen LogP contribution in [0, 0.1) is 0 Å². The first-order valence-electron chi connectivity index (χ1n) is 7.96. The molecule has 2 N–H and O–H groups in total. The summed E-state index contributed by atoms with van der Waals surface area (Å²) in [6.45, 7) is 0. The van der Waals surface area contributed by atoms with Crippen molar-refractivity contribution in [3.05, 3.63) is 54.6 Å². The van der Waals surface area contributed by atoms with E-state index in [9.17, 15) is 9.90 Å². The topological polar surface area (TPSA) is 67.2 Å². The van der Waals surface area contributed by atoms with Crippen molar-refractivity contribution in [2.45, 2.75) is 37.8 Å². The smallest absolute Gasteiger partial charge is 0.244 e. The maximum atomic E-state index is 11.9. The Balaban J connectivity index is 1.54. The Kier molecular flexibility index (Phi) is 4.88. The Morgan fingerprint density at radius 2 is 1.96 bits per heavy atom. The highest BCUT2D eigenvalue weighted by molar-refractivity contribution is 5.91. The molecule has 5 heteroatoms. The number of aliphatic hydroxyl groups is 1. The molecule has 1 saturated carbocycles. The standard InChI is InChI=1S/C18H21N3O2/c22-17-8-4-15(5-9-17)20-18(23)10-3-14-1-6-16(7-2-14)21-12-11-19-13-21/h1-3,6-7,10-13,15,17,22H,4-5,8-9H2,(H,20,23)/b10-3+. The number of imidazole rings is 1. The highest BCUT2D eigenvalue weighted by Gasteiger charge is 2.19. The number of hydrogen-bond acceptors (Lipinski definition) is 3. The molecule has 0 saturated heterocycles. The zero-order valence-electron chi connectivity index (χ0n) is 12.9. The molecule has 23 heavy (non-hydrogen) atoms. The van der Waals surface area contributed by atoms with Gasteiger partial charge in [-0.2, -0.15) is 0 Å². The molecule has 1 aliphatic carbocycles. The number of carbonyl (C=O) groups is 1. The van der Waals surface area contributed by atoms with E-state index in [1.54, 1.807) is 18.6 Å². The van der Waals surface area contributed by atoms with Crippen LogP contribution >= 0.6 is 0 Å². The Morgan fingerprint density at radius 3 is 2.61 bits per heavy atom. The van der Waals surface area contributed by atoms with E-state index in [0.717, 1.165) is 36.9 Å². The fourth-order valence-corrected chi connectivity index (χ4v) is 2.81. The highest BCUT2D eigenvalue weighted by atomic mass is 16.3. The fourth-order valence-electron chi connectivity index (χ4n) is 2.81. The molecule has 0 radical (unpaired) electrons. The van der Waals surface area contributed by atoms with Gasteiger partial charge in [-0.1, -0.05) is 12.1 Å². The van der Waals surface area contributed by atoms with Gasteiger partial charge in [0.15, 0.2) is 0 Å². The van der Waals surface area contributed by atoms with E-state index in [2.05, 4.69) is 10.3 Å². The first kappa shape index (κ1) is 15.5. The van der Waals surface area contributed by atoms with Crippen molar-refractivity contribution in [1.82, 2.24) is 14.9 Å². The van der Waals surface area contributed by atoms with Crippen LogP contribution in [0.15, 0.2) is 49.1 Å². The predicted molar refractivity (Wildman–Crippen MR) is 89.0 cm³/mol. The van der Waals surface area contributed by atoms with Gasteiger partial charge in [0.05, 0.1) is 12.4 Å². The van der Waals surface area contributed by atoms with Crippen LogP contribution in [0.25, 0.3) is 11.8 Å². The molecule has 0 spiro atoms. The quantitative estimate of drug-likeness (QED) is 0.852. The largest absolute Gasteiger partial charge is 0.393 e. The van der Waals surface area contributed by atoms with Crippen molar-refractivity contribution >= 4 is 12.0 Å². The molecule has 3 rings (SSSR count). The maximum absolute atomic E-state index is 11.9. The van der Waals surface area contributed by atoms with E-state index in [1.165, 1.54) is 0 Å². The van der Waals surface area contributed by atoms with Crippen molar-refractivity contribution in [1.29, 1.82) is 0 Å². The molecule has 0 aliphatic heterocycles. The third-order valence-corrected chi connectivity index (χ3v) is 4.17. The molecule has 0 atom stereocenters. The summed E-state index contributed by atoms with van der Waals surface area (Å²) in [7, 11) is 0. The van der Waals surface area contributed by atoms with Crippen LogP contribution in [0.2, 0.25) is 0 Å². The first-order valence-corrected chi connectivity index (χ1v) is 7.96. The van der Waals surface area contributed by atoms with Gasteiger partial charge < -0.3 is 15.0 Å². The van der Waals surface area contributed by atoms with Crippen LogP contribution in [-0.4, -0.2) is 32.7 Å². The van der Waals surface area contributed by atoms with E-state index in [0.29, 0.717) is 0 Å². The SMILES string of the molecule is O=C(/C=C/c1ccc(-n2ccnc2)cc1)NC1CCC(O)CC1. The Labute approximate surface area is 135 Å². The van der Waals surface area contributed by atoms with Crippen LogP contribution in [-0.2, 0) is 4.79 Å². The van der Waals surface area contributed by atoms with Gasteiger partial charge in [-0.3, -0.25) is 4.79 Å². The molecular formula is C18H21N3O2. The monoisotopic (exact) mass is 311 g/mol. The predicted octanol–water partition coefficient (Wildman–Crippen LogP) is 2.31. The van der Waals surface area contributed by atoms with Crippen LogP contribution in [0.5, 0.6) is 0 Å². The first-order chi connectivity index (χ1) is 11.2. The van der Waals surface area contributed by atoms with Crippen molar-refractivity contribution < 1.29 is 9.90 Å². The van der Waals surface area contributed by atoms with E-state index < -0.39 is 0 Å². The molecule has 1 heterocycles. The van der Waals surface area contributed by atoms with Gasteiger partial charge in [-0.25, -0.2) is 4.98 Å². The molecule has 1 aromatic carbocycles. The zero-order valence-corrected chi connectivity index (χ0v) is 12.9. The van der Waals surface area contributed by atoms with Crippen molar-refractivity contribution in [2.75, 3.05) is 0 Å². The summed E-state index contributed by atoms with van der Waals surface area (Å²) in [5.41, 5.74) is 2.01. The summed E-state index contributed by atoms with van der Waals surface area (Å²) >= 11 is 0. The second-order valence-electron chi connectivity index (χ2n) is 5.91. The molecule has 120 valence electrons. The summed E-state index contributed by atoms with van der Waals surface area (Å²) in [5.74, 6) is -0.0786. The lowest BCUT2D eigenvalue weighted by Crippen LogP contribution is -2.37. The second-order valence-corrected chi connectivity index (χ2v) is 5.91. The maximum Gasteiger partial charge on any atom is 0.244 e. The van der Waals surface area contributed by atoms with Crippen molar-refractivity contribution in [2.24, 2.45) is 0 Å². The van der Waals surface area contributed by atoms with Gasteiger partial charge in [0, 0.05) is 30.2 Å². The Hall–Kier alpha value is -2.40. The number of benzene rings is 1. The van der Waals surface area contributed by atoms with Gasteiger partial charge >= 0.3 is 0 Å². The summed E-state index contributed by atoms with van der Waals surface area (Å²) in [4.78, 5) is 16.0. The third-order valence-electron chi connectivity index (χ3n) is 4.17. The van der Waals surface area contributed by atoms with Gasteiger partial charge in [0.25, 0.3) is 0 Å². The number of nitrogens with zero attached hydrogens (tertiary/aromatic N) is 2. The average molecular weight is 311 g/mol. The molecule has 1 fully saturated rings. The number of amides is 1. The van der Waals surface area contributed by atoms with E-state index in [4.69, 9.17) is 0 Å². The molecule has 1 aliphatic rings. The number of rotatable bonds is 4. The highest BCUT2D eigenvalue weighted by Crippen LogP contribution is 2.18. The van der Waals surface area contributed by atoms with Crippen LogP contribution in [0.3, 0.4) is 0 Å². The van der Waals surface area contributed by atoms with Crippen LogP contribution < -0.4 is 5.32 Å². The number of hydrogen-bond donors (Lipinski definition) is 2. The number of aliphatic hydroxyl groups excluding tert-OH is 1. The molecule has 5 nitrogen and oxygen atoms in total. The molecule has 2 aromatic rings. The average Bonchev–Trinajstić information content (AvgIpc) is 3.10. The van der Waals surface area contributed by atoms with E-state index in [-0.39, 0.29) is 18.1 Å². The zero-order chi connectivity index (χ0) is 16.1. The molecule has 0 bridgehead atoms. The summed E-state index contributed by atoms with van der Waals surface area (Å²) in [6.07, 6.45) is 11.8. The normalized spacial score (nSPS) is 21.4. The number of carbonyl (C=O) groups excluding carboxylic acids is 1. The third kappa shape index (κ3) is 4.29. The lowest BCUT2D eigenvalue weighted by molar-refractivity contribution is -0.117. The fraction of sp³-hybridized carbons (Fsp3) is 0.333.